The summed E-state index contributed by atoms with van der Waals surface area (Å²) in [6.07, 6.45) is 2.29. The Morgan fingerprint density at radius 3 is 2.75 bits per heavy atom. The zero-order valence-corrected chi connectivity index (χ0v) is 20.1. The van der Waals surface area contributed by atoms with Crippen LogP contribution in [0.15, 0.2) is 23.2 Å². The molecule has 0 aromatic heterocycles. The zero-order chi connectivity index (χ0) is 19.6. The van der Waals surface area contributed by atoms with Gasteiger partial charge in [-0.3, -0.25) is 4.99 Å². The number of benzene rings is 1. The lowest BCUT2D eigenvalue weighted by Crippen LogP contribution is -2.39. The van der Waals surface area contributed by atoms with Gasteiger partial charge in [-0.2, -0.15) is 0 Å². The van der Waals surface area contributed by atoms with Crippen LogP contribution < -0.4 is 10.6 Å². The first-order chi connectivity index (χ1) is 13.0. The van der Waals surface area contributed by atoms with Crippen LogP contribution in [0.1, 0.15) is 43.9 Å². The van der Waals surface area contributed by atoms with E-state index < -0.39 is 0 Å². The highest BCUT2D eigenvalue weighted by Crippen LogP contribution is 2.16. The fourth-order valence-electron chi connectivity index (χ4n) is 3.30. The highest BCUT2D eigenvalue weighted by atomic mass is 127. The third-order valence-corrected chi connectivity index (χ3v) is 5.11. The smallest absolute Gasteiger partial charge is 0.191 e. The summed E-state index contributed by atoms with van der Waals surface area (Å²) in [5.74, 6) is 0.632. The predicted octanol–water partition coefficient (Wildman–Crippen LogP) is 3.40. The van der Waals surface area contributed by atoms with E-state index in [1.54, 1.807) is 13.0 Å². The van der Waals surface area contributed by atoms with Crippen LogP contribution >= 0.6 is 24.0 Å². The maximum Gasteiger partial charge on any atom is 0.191 e. The highest BCUT2D eigenvalue weighted by molar-refractivity contribution is 14.0. The van der Waals surface area contributed by atoms with E-state index >= 15 is 0 Å². The van der Waals surface area contributed by atoms with Crippen LogP contribution in [-0.2, 0) is 0 Å². The molecule has 0 radical (unpaired) electrons. The maximum atomic E-state index is 13.8. The van der Waals surface area contributed by atoms with E-state index in [2.05, 4.69) is 34.4 Å². The second-order valence-electron chi connectivity index (χ2n) is 7.49. The van der Waals surface area contributed by atoms with Gasteiger partial charge in [0.2, 0.25) is 0 Å². The van der Waals surface area contributed by atoms with Crippen molar-refractivity contribution in [2.45, 2.75) is 39.7 Å². The van der Waals surface area contributed by atoms with Crippen LogP contribution in [0.5, 0.6) is 0 Å². The van der Waals surface area contributed by atoms with Crippen molar-refractivity contribution in [1.29, 1.82) is 0 Å². The maximum absolute atomic E-state index is 13.8. The summed E-state index contributed by atoms with van der Waals surface area (Å²) in [6.45, 7) is 13.2. The summed E-state index contributed by atoms with van der Waals surface area (Å²) in [7, 11) is 2.20. The monoisotopic (exact) mass is 505 g/mol. The highest BCUT2D eigenvalue weighted by Gasteiger charge is 2.12. The standard InChI is InChI=1S/C21H36FN5.HI/c1-5-23-21(25-18(3)19-9-8-17(2)20(22)16-19)24-10-6-12-27-13-7-11-26(4)14-15-27;/h8-9,16,18H,5-7,10-15H2,1-4H3,(H2,23,24,25);1H. The number of halogens is 2. The van der Waals surface area contributed by atoms with Gasteiger partial charge < -0.3 is 20.4 Å². The third kappa shape index (κ3) is 8.61. The number of rotatable bonds is 7. The van der Waals surface area contributed by atoms with Crippen LogP contribution in [0.3, 0.4) is 0 Å². The lowest BCUT2D eigenvalue weighted by molar-refractivity contribution is 0.275. The number of aryl methyl sites for hydroxylation is 1. The SMILES string of the molecule is CCNC(=NCCCN1CCCN(C)CC1)NC(C)c1ccc(C)c(F)c1.I. The van der Waals surface area contributed by atoms with Gasteiger partial charge in [0.1, 0.15) is 5.82 Å². The van der Waals surface area contributed by atoms with Gasteiger partial charge in [0.25, 0.3) is 0 Å². The average molecular weight is 505 g/mol. The summed E-state index contributed by atoms with van der Waals surface area (Å²) >= 11 is 0. The lowest BCUT2D eigenvalue weighted by Gasteiger charge is -2.20. The predicted molar refractivity (Wildman–Crippen MR) is 127 cm³/mol. The molecule has 1 aromatic carbocycles. The summed E-state index contributed by atoms with van der Waals surface area (Å²) < 4.78 is 13.8. The first kappa shape index (κ1) is 25.1. The first-order valence-electron chi connectivity index (χ1n) is 10.2. The van der Waals surface area contributed by atoms with E-state index in [0.29, 0.717) is 5.56 Å². The molecular weight excluding hydrogens is 468 g/mol. The summed E-state index contributed by atoms with van der Waals surface area (Å²) in [5, 5.41) is 6.68. The van der Waals surface area contributed by atoms with Crippen LogP contribution in [0.2, 0.25) is 0 Å². The number of hydrogen-bond donors (Lipinski definition) is 2. The van der Waals surface area contributed by atoms with Crippen molar-refractivity contribution in [3.8, 4) is 0 Å². The Kier molecular flexibility index (Phi) is 11.9. The van der Waals surface area contributed by atoms with Crippen LogP contribution in [0.4, 0.5) is 4.39 Å². The van der Waals surface area contributed by atoms with E-state index in [1.807, 2.05) is 19.1 Å². The van der Waals surface area contributed by atoms with Crippen LogP contribution in [0, 0.1) is 12.7 Å². The Bertz CT molecular complexity index is 610. The number of nitrogens with zero attached hydrogens (tertiary/aromatic N) is 3. The first-order valence-corrected chi connectivity index (χ1v) is 10.2. The summed E-state index contributed by atoms with van der Waals surface area (Å²) in [6, 6.07) is 5.40. The molecule has 28 heavy (non-hydrogen) atoms. The molecule has 1 aliphatic rings. The molecule has 0 amide bonds. The molecule has 1 aliphatic heterocycles. The molecule has 1 saturated heterocycles. The van der Waals surface area contributed by atoms with E-state index in [-0.39, 0.29) is 35.8 Å². The Labute approximate surface area is 187 Å². The van der Waals surface area contributed by atoms with Crippen molar-refractivity contribution in [3.63, 3.8) is 0 Å². The van der Waals surface area contributed by atoms with Crippen LogP contribution in [-0.4, -0.2) is 68.6 Å². The molecule has 0 spiro atoms. The van der Waals surface area contributed by atoms with Gasteiger partial charge in [0.15, 0.2) is 5.96 Å². The average Bonchev–Trinajstić information content (AvgIpc) is 2.85. The molecule has 5 nitrogen and oxygen atoms in total. The fourth-order valence-corrected chi connectivity index (χ4v) is 3.30. The quantitative estimate of drug-likeness (QED) is 0.258. The summed E-state index contributed by atoms with van der Waals surface area (Å²) in [4.78, 5) is 9.65. The molecule has 1 fully saturated rings. The number of aliphatic imine (C=N–C) groups is 1. The minimum absolute atomic E-state index is 0. The van der Waals surface area contributed by atoms with Gasteiger partial charge in [-0.15, -0.1) is 24.0 Å². The minimum atomic E-state index is -0.161. The fraction of sp³-hybridized carbons (Fsp3) is 0.667. The van der Waals surface area contributed by atoms with Gasteiger partial charge in [-0.1, -0.05) is 12.1 Å². The second kappa shape index (κ2) is 13.3. The molecule has 0 saturated carbocycles. The van der Waals surface area contributed by atoms with E-state index in [4.69, 9.17) is 4.99 Å². The Hall–Kier alpha value is -0.930. The molecule has 7 heteroatoms. The molecular formula is C21H37FIN5. The van der Waals surface area contributed by atoms with E-state index in [1.165, 1.54) is 19.5 Å². The topological polar surface area (TPSA) is 42.9 Å². The summed E-state index contributed by atoms with van der Waals surface area (Å²) in [5.41, 5.74) is 1.60. The Morgan fingerprint density at radius 1 is 1.25 bits per heavy atom. The molecule has 1 heterocycles. The molecule has 0 aliphatic carbocycles. The third-order valence-electron chi connectivity index (χ3n) is 5.11. The zero-order valence-electron chi connectivity index (χ0n) is 17.8. The molecule has 1 aromatic rings. The lowest BCUT2D eigenvalue weighted by atomic mass is 10.1. The van der Waals surface area contributed by atoms with Gasteiger partial charge in [-0.25, -0.2) is 4.39 Å². The van der Waals surface area contributed by atoms with Crippen molar-refractivity contribution >= 4 is 29.9 Å². The van der Waals surface area contributed by atoms with Crippen molar-refractivity contribution in [2.24, 2.45) is 4.99 Å². The molecule has 2 rings (SSSR count). The largest absolute Gasteiger partial charge is 0.357 e. The normalized spacial score (nSPS) is 17.5. The second-order valence-corrected chi connectivity index (χ2v) is 7.49. The van der Waals surface area contributed by atoms with Gasteiger partial charge >= 0.3 is 0 Å². The molecule has 1 unspecified atom stereocenters. The molecule has 2 N–H and O–H groups in total. The van der Waals surface area contributed by atoms with Crippen LogP contribution in [0.25, 0.3) is 0 Å². The van der Waals surface area contributed by atoms with Crippen molar-refractivity contribution in [3.05, 3.63) is 35.1 Å². The molecule has 160 valence electrons. The van der Waals surface area contributed by atoms with Gasteiger partial charge in [0.05, 0.1) is 6.04 Å². The minimum Gasteiger partial charge on any atom is -0.357 e. The number of nitrogens with one attached hydrogen (secondary N) is 2. The number of hydrogen-bond acceptors (Lipinski definition) is 3. The number of likely N-dealkylation sites (N-methyl/N-ethyl adjacent to an activating group) is 1. The molecule has 0 bridgehead atoms. The van der Waals surface area contributed by atoms with E-state index in [0.717, 1.165) is 50.7 Å². The Morgan fingerprint density at radius 2 is 2.04 bits per heavy atom. The Balaban J connectivity index is 0.00000392. The van der Waals surface area contributed by atoms with E-state index in [9.17, 15) is 4.39 Å². The van der Waals surface area contributed by atoms with Crippen molar-refractivity contribution in [2.75, 3.05) is 52.9 Å². The number of guanidine groups is 1. The van der Waals surface area contributed by atoms with Gasteiger partial charge in [0, 0.05) is 26.2 Å². The van der Waals surface area contributed by atoms with Gasteiger partial charge in [-0.05, 0) is 77.5 Å². The van der Waals surface area contributed by atoms with Crippen molar-refractivity contribution < 1.29 is 4.39 Å². The molecule has 1 atom stereocenters. The van der Waals surface area contributed by atoms with Crippen molar-refractivity contribution in [1.82, 2.24) is 20.4 Å².